The number of hydrogen-bond acceptors (Lipinski definition) is 10. The van der Waals surface area contributed by atoms with Gasteiger partial charge in [-0.05, 0) is 6.42 Å². The van der Waals surface area contributed by atoms with Gasteiger partial charge < -0.3 is 33.7 Å². The predicted molar refractivity (Wildman–Crippen MR) is 124 cm³/mol. The van der Waals surface area contributed by atoms with E-state index >= 15 is 0 Å². The normalized spacial score (nSPS) is 23.9. The van der Waals surface area contributed by atoms with Crippen molar-refractivity contribution >= 4 is 23.8 Å². The van der Waals surface area contributed by atoms with Gasteiger partial charge in [0.2, 0.25) is 5.91 Å². The number of esters is 3. The molecule has 11 nitrogen and oxygen atoms in total. The molecule has 202 valence electrons. The molecule has 1 saturated heterocycles. The Kier molecular flexibility index (Phi) is 15.2. The molecule has 0 unspecified atom stereocenters. The van der Waals surface area contributed by atoms with Crippen LogP contribution in [0.5, 0.6) is 0 Å². The molecule has 0 bridgehead atoms. The van der Waals surface area contributed by atoms with Crippen LogP contribution in [0.2, 0.25) is 0 Å². The lowest BCUT2D eigenvalue weighted by atomic mass is 9.96. The molecule has 1 aliphatic heterocycles. The summed E-state index contributed by atoms with van der Waals surface area (Å²) >= 11 is 0. The van der Waals surface area contributed by atoms with Gasteiger partial charge in [-0.25, -0.2) is 4.79 Å². The zero-order valence-corrected chi connectivity index (χ0v) is 21.5. The molecular formula is C24H41NO10. The number of amides is 1. The highest BCUT2D eigenvalue weighted by Crippen LogP contribution is 2.28. The molecule has 5 atom stereocenters. The summed E-state index contributed by atoms with van der Waals surface area (Å²) < 4.78 is 32.9. The van der Waals surface area contributed by atoms with Gasteiger partial charge in [-0.1, -0.05) is 45.4 Å². The summed E-state index contributed by atoms with van der Waals surface area (Å²) in [4.78, 5) is 47.0. The quantitative estimate of drug-likeness (QED) is 0.189. The number of ether oxygens (including phenoxy) is 6. The number of rotatable bonds is 16. The molecule has 1 amide bonds. The monoisotopic (exact) mass is 503 g/mol. The third kappa shape index (κ3) is 12.3. The smallest absolute Gasteiger partial charge is 0.331 e. The van der Waals surface area contributed by atoms with Crippen LogP contribution in [0.1, 0.15) is 72.6 Å². The van der Waals surface area contributed by atoms with Crippen molar-refractivity contribution in [3.63, 3.8) is 0 Å². The van der Waals surface area contributed by atoms with Gasteiger partial charge in [-0.2, -0.15) is 0 Å². The van der Waals surface area contributed by atoms with E-state index in [4.69, 9.17) is 23.7 Å². The second kappa shape index (κ2) is 17.2. The fourth-order valence-electron chi connectivity index (χ4n) is 3.78. The van der Waals surface area contributed by atoms with Gasteiger partial charge in [0.15, 0.2) is 12.4 Å². The Labute approximate surface area is 207 Å². The van der Waals surface area contributed by atoms with Crippen molar-refractivity contribution in [1.82, 2.24) is 5.32 Å². The molecule has 11 heteroatoms. The van der Waals surface area contributed by atoms with Gasteiger partial charge in [-0.3, -0.25) is 14.4 Å². The van der Waals surface area contributed by atoms with Crippen molar-refractivity contribution in [2.45, 2.75) is 103 Å². The van der Waals surface area contributed by atoms with E-state index < -0.39 is 61.1 Å². The lowest BCUT2D eigenvalue weighted by Gasteiger charge is -2.45. The average molecular weight is 504 g/mol. The van der Waals surface area contributed by atoms with Gasteiger partial charge in [-0.15, -0.1) is 0 Å². The van der Waals surface area contributed by atoms with Crippen molar-refractivity contribution in [2.24, 2.45) is 0 Å². The third-order valence-corrected chi connectivity index (χ3v) is 5.42. The summed E-state index contributed by atoms with van der Waals surface area (Å²) in [5.41, 5.74) is 0. The number of nitrogens with one attached hydrogen (secondary N) is 1. The zero-order valence-electron chi connectivity index (χ0n) is 21.5. The summed E-state index contributed by atoms with van der Waals surface area (Å²) in [5.74, 6) is -2.24. The third-order valence-electron chi connectivity index (χ3n) is 5.42. The summed E-state index contributed by atoms with van der Waals surface area (Å²) in [5, 5.41) is 2.72. The summed E-state index contributed by atoms with van der Waals surface area (Å²) in [6.45, 7) is 5.59. The summed E-state index contributed by atoms with van der Waals surface area (Å²) in [7, 11) is 1.21. The van der Waals surface area contributed by atoms with Crippen LogP contribution in [0, 0.1) is 0 Å². The van der Waals surface area contributed by atoms with E-state index in [1.807, 2.05) is 0 Å². The Hall–Kier alpha value is -2.24. The van der Waals surface area contributed by atoms with E-state index in [0.717, 1.165) is 19.3 Å². The highest BCUT2D eigenvalue weighted by Gasteiger charge is 2.50. The van der Waals surface area contributed by atoms with Crippen molar-refractivity contribution < 1.29 is 47.6 Å². The molecule has 35 heavy (non-hydrogen) atoms. The van der Waals surface area contributed by atoms with E-state index in [-0.39, 0.29) is 6.61 Å². The van der Waals surface area contributed by atoms with E-state index in [0.29, 0.717) is 6.61 Å². The van der Waals surface area contributed by atoms with E-state index in [1.54, 1.807) is 0 Å². The molecule has 0 aliphatic carbocycles. The molecule has 0 aromatic heterocycles. The van der Waals surface area contributed by atoms with Crippen LogP contribution in [0.15, 0.2) is 0 Å². The first-order chi connectivity index (χ1) is 16.7. The second-order valence-electron chi connectivity index (χ2n) is 8.49. The molecule has 0 spiro atoms. The van der Waals surface area contributed by atoms with Crippen LogP contribution < -0.4 is 5.32 Å². The van der Waals surface area contributed by atoms with Crippen molar-refractivity contribution in [2.75, 3.05) is 26.9 Å². The first kappa shape index (κ1) is 30.8. The Morgan fingerprint density at radius 1 is 0.857 bits per heavy atom. The van der Waals surface area contributed by atoms with Crippen LogP contribution in [0.25, 0.3) is 0 Å². The average Bonchev–Trinajstić information content (AvgIpc) is 2.79. The maximum absolute atomic E-state index is 12.0. The van der Waals surface area contributed by atoms with Gasteiger partial charge in [0, 0.05) is 27.4 Å². The molecule has 1 fully saturated rings. The number of carbonyl (C=O) groups is 4. The molecule has 1 heterocycles. The fraction of sp³-hybridized carbons (Fsp3) is 0.833. The maximum Gasteiger partial charge on any atom is 0.331 e. The standard InChI is InChI=1S/C24H41NO10/c1-6-7-8-9-10-11-12-13-31-24-21(25-16(2)26)23(33-15-20(29)30-5)22(34-18(4)28)19(35-24)14-32-17(3)27/h19,21-24H,6-15H2,1-5H3,(H,25,26)/t19-,21-,22+,23-,24-/m1/s1. The number of hydrogen-bond donors (Lipinski definition) is 1. The minimum atomic E-state index is -1.09. The Morgan fingerprint density at radius 3 is 2.09 bits per heavy atom. The molecule has 0 radical (unpaired) electrons. The van der Waals surface area contributed by atoms with Gasteiger partial charge in [0.1, 0.15) is 31.5 Å². The van der Waals surface area contributed by atoms with Crippen LogP contribution in [0.4, 0.5) is 0 Å². The van der Waals surface area contributed by atoms with E-state index in [1.165, 1.54) is 53.6 Å². The molecule has 1 N–H and O–H groups in total. The van der Waals surface area contributed by atoms with Crippen LogP contribution in [-0.2, 0) is 47.6 Å². The highest BCUT2D eigenvalue weighted by atomic mass is 16.7. The van der Waals surface area contributed by atoms with E-state index in [9.17, 15) is 19.2 Å². The second-order valence-corrected chi connectivity index (χ2v) is 8.49. The predicted octanol–water partition coefficient (Wildman–Crippen LogP) is 2.04. The lowest BCUT2D eigenvalue weighted by molar-refractivity contribution is -0.281. The van der Waals surface area contributed by atoms with Gasteiger partial charge in [0.05, 0.1) is 7.11 Å². The molecule has 0 aromatic rings. The van der Waals surface area contributed by atoms with Crippen molar-refractivity contribution in [3.05, 3.63) is 0 Å². The molecular weight excluding hydrogens is 462 g/mol. The Morgan fingerprint density at radius 2 is 1.51 bits per heavy atom. The first-order valence-corrected chi connectivity index (χ1v) is 12.2. The largest absolute Gasteiger partial charge is 0.467 e. The van der Waals surface area contributed by atoms with E-state index in [2.05, 4.69) is 17.0 Å². The Balaban J connectivity index is 3.01. The molecule has 1 aliphatic rings. The highest BCUT2D eigenvalue weighted by molar-refractivity contribution is 5.73. The topological polar surface area (TPSA) is 136 Å². The van der Waals surface area contributed by atoms with Crippen molar-refractivity contribution in [3.8, 4) is 0 Å². The van der Waals surface area contributed by atoms with Crippen molar-refractivity contribution in [1.29, 1.82) is 0 Å². The molecule has 1 rings (SSSR count). The lowest BCUT2D eigenvalue weighted by Crippen LogP contribution is -2.66. The van der Waals surface area contributed by atoms with Gasteiger partial charge >= 0.3 is 17.9 Å². The SMILES string of the molecule is CCCCCCCCCO[C@@H]1O[C@H](COC(C)=O)[C@H](OC(C)=O)[C@H](OCC(=O)OC)[C@H]1NC(C)=O. The summed E-state index contributed by atoms with van der Waals surface area (Å²) in [6.07, 6.45) is 3.59. The number of methoxy groups -OCH3 is 1. The zero-order chi connectivity index (χ0) is 26.2. The molecule has 0 aromatic carbocycles. The summed E-state index contributed by atoms with van der Waals surface area (Å²) in [6, 6.07) is -0.903. The van der Waals surface area contributed by atoms with Crippen LogP contribution in [-0.4, -0.2) is 81.4 Å². The minimum Gasteiger partial charge on any atom is -0.467 e. The fourth-order valence-corrected chi connectivity index (χ4v) is 3.78. The van der Waals surface area contributed by atoms with Gasteiger partial charge in [0.25, 0.3) is 0 Å². The Bertz CT molecular complexity index is 671. The molecule has 0 saturated carbocycles. The number of carbonyl (C=O) groups excluding carboxylic acids is 4. The van der Waals surface area contributed by atoms with Crippen LogP contribution >= 0.6 is 0 Å². The number of unbranched alkanes of at least 4 members (excludes halogenated alkanes) is 6. The first-order valence-electron chi connectivity index (χ1n) is 12.2. The maximum atomic E-state index is 12.0. The van der Waals surface area contributed by atoms with Crippen LogP contribution in [0.3, 0.4) is 0 Å². The minimum absolute atomic E-state index is 0.241.